The highest BCUT2D eigenvalue weighted by Crippen LogP contribution is 2.27. The standard InChI is InChI=1S/C23H28N4O2S/c1-17(2)14-27-22(19-10-12-20(29-4)13-11-19)24-25-23(27)30-16-21(28)26(3)15-18-8-6-5-7-9-18/h5-13,17H,14-16H2,1-4H3. The summed E-state index contributed by atoms with van der Waals surface area (Å²) in [5.41, 5.74) is 2.09. The molecule has 3 rings (SSSR count). The molecule has 0 N–H and O–H groups in total. The van der Waals surface area contributed by atoms with E-state index in [4.69, 9.17) is 4.74 Å². The van der Waals surface area contributed by atoms with Crippen LogP contribution in [0.2, 0.25) is 0 Å². The van der Waals surface area contributed by atoms with Gasteiger partial charge in [-0.05, 0) is 35.7 Å². The molecule has 0 aliphatic heterocycles. The number of ether oxygens (including phenoxy) is 1. The summed E-state index contributed by atoms with van der Waals surface area (Å²) in [6.45, 7) is 5.69. The Hall–Kier alpha value is -2.80. The van der Waals surface area contributed by atoms with E-state index in [9.17, 15) is 4.79 Å². The molecule has 2 aromatic carbocycles. The zero-order chi connectivity index (χ0) is 21.5. The Morgan fingerprint density at radius 2 is 1.80 bits per heavy atom. The van der Waals surface area contributed by atoms with Crippen LogP contribution in [-0.4, -0.2) is 45.5 Å². The Kier molecular flexibility index (Phi) is 7.52. The number of hydrogen-bond donors (Lipinski definition) is 0. The van der Waals surface area contributed by atoms with Gasteiger partial charge in [0.2, 0.25) is 5.91 Å². The van der Waals surface area contributed by atoms with Crippen LogP contribution in [0, 0.1) is 5.92 Å². The quantitative estimate of drug-likeness (QED) is 0.478. The number of aromatic nitrogens is 3. The molecule has 0 aliphatic carbocycles. The zero-order valence-electron chi connectivity index (χ0n) is 17.9. The fourth-order valence-corrected chi connectivity index (χ4v) is 3.95. The minimum absolute atomic E-state index is 0.0638. The Morgan fingerprint density at radius 1 is 1.10 bits per heavy atom. The normalized spacial score (nSPS) is 11.0. The number of carbonyl (C=O) groups excluding carboxylic acids is 1. The Labute approximate surface area is 182 Å². The maximum absolute atomic E-state index is 12.6. The molecule has 1 aromatic heterocycles. The van der Waals surface area contributed by atoms with Crippen LogP contribution < -0.4 is 4.74 Å². The molecule has 0 saturated carbocycles. The van der Waals surface area contributed by atoms with Crippen molar-refractivity contribution in [1.82, 2.24) is 19.7 Å². The lowest BCUT2D eigenvalue weighted by atomic mass is 10.2. The van der Waals surface area contributed by atoms with Crippen molar-refractivity contribution in [2.75, 3.05) is 19.9 Å². The summed E-state index contributed by atoms with van der Waals surface area (Å²) in [4.78, 5) is 14.4. The van der Waals surface area contributed by atoms with Gasteiger partial charge >= 0.3 is 0 Å². The van der Waals surface area contributed by atoms with Crippen LogP contribution in [0.3, 0.4) is 0 Å². The van der Waals surface area contributed by atoms with Crippen molar-refractivity contribution in [3.8, 4) is 17.1 Å². The third-order valence-electron chi connectivity index (χ3n) is 4.63. The van der Waals surface area contributed by atoms with E-state index in [2.05, 4.69) is 28.6 Å². The van der Waals surface area contributed by atoms with E-state index in [1.807, 2.05) is 61.6 Å². The zero-order valence-corrected chi connectivity index (χ0v) is 18.7. The van der Waals surface area contributed by atoms with Gasteiger partial charge in [0.05, 0.1) is 12.9 Å². The highest BCUT2D eigenvalue weighted by Gasteiger charge is 2.18. The first-order chi connectivity index (χ1) is 14.5. The average molecular weight is 425 g/mol. The van der Waals surface area contributed by atoms with Gasteiger partial charge in [-0.1, -0.05) is 55.9 Å². The summed E-state index contributed by atoms with van der Waals surface area (Å²) in [6.07, 6.45) is 0. The van der Waals surface area contributed by atoms with Crippen LogP contribution in [0.4, 0.5) is 0 Å². The van der Waals surface area contributed by atoms with E-state index in [0.29, 0.717) is 18.2 Å². The summed E-state index contributed by atoms with van der Waals surface area (Å²) in [5.74, 6) is 2.42. The van der Waals surface area contributed by atoms with E-state index >= 15 is 0 Å². The molecule has 0 unspecified atom stereocenters. The molecule has 1 heterocycles. The van der Waals surface area contributed by atoms with E-state index in [1.165, 1.54) is 11.8 Å². The first-order valence-electron chi connectivity index (χ1n) is 9.96. The molecule has 0 atom stereocenters. The first-order valence-corrected chi connectivity index (χ1v) is 10.9. The number of hydrogen-bond acceptors (Lipinski definition) is 5. The number of rotatable bonds is 9. The van der Waals surface area contributed by atoms with Gasteiger partial charge in [0.25, 0.3) is 0 Å². The molecular weight excluding hydrogens is 396 g/mol. The third kappa shape index (κ3) is 5.63. The third-order valence-corrected chi connectivity index (χ3v) is 5.58. The second-order valence-corrected chi connectivity index (χ2v) is 8.51. The summed E-state index contributed by atoms with van der Waals surface area (Å²) >= 11 is 1.43. The number of nitrogens with zero attached hydrogens (tertiary/aromatic N) is 4. The number of benzene rings is 2. The minimum Gasteiger partial charge on any atom is -0.497 e. The fraction of sp³-hybridized carbons (Fsp3) is 0.348. The van der Waals surface area contributed by atoms with Crippen LogP contribution in [0.15, 0.2) is 59.8 Å². The molecular formula is C23H28N4O2S. The van der Waals surface area contributed by atoms with E-state index in [1.54, 1.807) is 12.0 Å². The monoisotopic (exact) mass is 424 g/mol. The highest BCUT2D eigenvalue weighted by molar-refractivity contribution is 7.99. The van der Waals surface area contributed by atoms with Crippen LogP contribution in [-0.2, 0) is 17.9 Å². The SMILES string of the molecule is COc1ccc(-c2nnc(SCC(=O)N(C)Cc3ccccc3)n2CC(C)C)cc1. The molecule has 0 spiro atoms. The topological polar surface area (TPSA) is 60.3 Å². The maximum atomic E-state index is 12.6. The van der Waals surface area contributed by atoms with Crippen molar-refractivity contribution >= 4 is 17.7 Å². The summed E-state index contributed by atoms with van der Waals surface area (Å²) in [5, 5.41) is 9.55. The van der Waals surface area contributed by atoms with E-state index in [-0.39, 0.29) is 5.91 Å². The minimum atomic E-state index is 0.0638. The second kappa shape index (κ2) is 10.3. The predicted octanol–water partition coefficient (Wildman–Crippen LogP) is 4.36. The van der Waals surface area contributed by atoms with Gasteiger partial charge in [-0.2, -0.15) is 0 Å². The first kappa shape index (κ1) is 21.9. The average Bonchev–Trinajstić information content (AvgIpc) is 3.14. The Bertz CT molecular complexity index is 955. The van der Waals surface area contributed by atoms with E-state index in [0.717, 1.165) is 34.4 Å². The van der Waals surface area contributed by atoms with Gasteiger partial charge < -0.3 is 14.2 Å². The highest BCUT2D eigenvalue weighted by atomic mass is 32.2. The van der Waals surface area contributed by atoms with Gasteiger partial charge in [-0.15, -0.1) is 10.2 Å². The van der Waals surface area contributed by atoms with Gasteiger partial charge in [0, 0.05) is 25.7 Å². The molecule has 158 valence electrons. The van der Waals surface area contributed by atoms with Crippen LogP contribution >= 0.6 is 11.8 Å². The number of thioether (sulfide) groups is 1. The van der Waals surface area contributed by atoms with Crippen LogP contribution in [0.1, 0.15) is 19.4 Å². The second-order valence-electron chi connectivity index (χ2n) is 7.56. The molecule has 0 saturated heterocycles. The Balaban J connectivity index is 1.71. The van der Waals surface area contributed by atoms with Gasteiger partial charge in [0.15, 0.2) is 11.0 Å². The smallest absolute Gasteiger partial charge is 0.233 e. The fourth-order valence-electron chi connectivity index (χ4n) is 3.06. The number of methoxy groups -OCH3 is 1. The molecule has 0 aliphatic rings. The summed E-state index contributed by atoms with van der Waals surface area (Å²) in [6, 6.07) is 17.8. The molecule has 30 heavy (non-hydrogen) atoms. The van der Waals surface area contributed by atoms with E-state index < -0.39 is 0 Å². The van der Waals surface area contributed by atoms with Gasteiger partial charge in [-0.25, -0.2) is 0 Å². The maximum Gasteiger partial charge on any atom is 0.233 e. The van der Waals surface area contributed by atoms with Crippen molar-refractivity contribution in [3.63, 3.8) is 0 Å². The largest absolute Gasteiger partial charge is 0.497 e. The number of carbonyl (C=O) groups is 1. The lowest BCUT2D eigenvalue weighted by Crippen LogP contribution is -2.27. The molecule has 0 radical (unpaired) electrons. The number of amides is 1. The van der Waals surface area contributed by atoms with Crippen molar-refractivity contribution in [2.45, 2.75) is 32.1 Å². The van der Waals surface area contributed by atoms with Crippen molar-refractivity contribution < 1.29 is 9.53 Å². The Morgan fingerprint density at radius 3 is 2.43 bits per heavy atom. The van der Waals surface area contributed by atoms with Gasteiger partial charge in [-0.3, -0.25) is 4.79 Å². The van der Waals surface area contributed by atoms with Crippen molar-refractivity contribution in [3.05, 3.63) is 60.2 Å². The summed E-state index contributed by atoms with van der Waals surface area (Å²) in [7, 11) is 3.48. The lowest BCUT2D eigenvalue weighted by Gasteiger charge is -2.17. The predicted molar refractivity (Wildman–Crippen MR) is 120 cm³/mol. The van der Waals surface area contributed by atoms with Gasteiger partial charge in [0.1, 0.15) is 5.75 Å². The van der Waals surface area contributed by atoms with Crippen molar-refractivity contribution in [2.24, 2.45) is 5.92 Å². The summed E-state index contributed by atoms with van der Waals surface area (Å²) < 4.78 is 7.34. The molecule has 0 bridgehead atoms. The van der Waals surface area contributed by atoms with Crippen LogP contribution in [0.5, 0.6) is 5.75 Å². The molecule has 7 heteroatoms. The molecule has 0 fully saturated rings. The molecule has 3 aromatic rings. The lowest BCUT2D eigenvalue weighted by molar-refractivity contribution is -0.127. The van der Waals surface area contributed by atoms with Crippen molar-refractivity contribution in [1.29, 1.82) is 0 Å². The van der Waals surface area contributed by atoms with Crippen LogP contribution in [0.25, 0.3) is 11.4 Å². The molecule has 1 amide bonds. The molecule has 6 nitrogen and oxygen atoms in total.